The number of methoxy groups -OCH3 is 1. The number of nitrogens with zero attached hydrogens (tertiary/aromatic N) is 1. The molecule has 0 spiro atoms. The Labute approximate surface area is 123 Å². The number of ether oxygens (including phenoxy) is 1. The lowest BCUT2D eigenvalue weighted by Crippen LogP contribution is -2.17. The molecule has 110 valence electrons. The van der Waals surface area contributed by atoms with E-state index < -0.39 is 0 Å². The minimum Gasteiger partial charge on any atom is -0.465 e. The van der Waals surface area contributed by atoms with Crippen molar-refractivity contribution in [3.05, 3.63) is 64.1 Å². The van der Waals surface area contributed by atoms with E-state index in [0.717, 1.165) is 11.3 Å². The summed E-state index contributed by atoms with van der Waals surface area (Å²) in [5.74, 6) is -0.343. The molecule has 5 heteroatoms. The summed E-state index contributed by atoms with van der Waals surface area (Å²) < 4.78 is 6.30. The molecule has 0 aliphatic heterocycles. The fraction of sp³-hybridized carbons (Fsp3) is 0.250. The zero-order valence-electron chi connectivity index (χ0n) is 12.1. The van der Waals surface area contributed by atoms with Crippen LogP contribution >= 0.6 is 0 Å². The number of hydrogen-bond donors (Lipinski definition) is 1. The highest BCUT2D eigenvalue weighted by Gasteiger charge is 2.04. The maximum Gasteiger partial charge on any atom is 0.337 e. The third kappa shape index (κ3) is 3.72. The second-order valence-electron chi connectivity index (χ2n) is 4.58. The second-order valence-corrected chi connectivity index (χ2v) is 4.58. The molecule has 21 heavy (non-hydrogen) atoms. The van der Waals surface area contributed by atoms with Crippen LogP contribution in [0.5, 0.6) is 0 Å². The topological polar surface area (TPSA) is 60.3 Å². The summed E-state index contributed by atoms with van der Waals surface area (Å²) in [6, 6.07) is 10.5. The molecule has 0 bridgehead atoms. The van der Waals surface area contributed by atoms with Crippen LogP contribution in [0.15, 0.2) is 47.4 Å². The Bertz CT molecular complexity index is 675. The second kappa shape index (κ2) is 6.74. The van der Waals surface area contributed by atoms with E-state index in [1.807, 2.05) is 19.1 Å². The summed E-state index contributed by atoms with van der Waals surface area (Å²) in [5.41, 5.74) is 2.44. The molecule has 0 unspecified atom stereocenters. The van der Waals surface area contributed by atoms with Gasteiger partial charge in [-0.1, -0.05) is 12.1 Å². The monoisotopic (exact) mass is 286 g/mol. The minimum absolute atomic E-state index is 0.00881. The fourth-order valence-electron chi connectivity index (χ4n) is 1.96. The van der Waals surface area contributed by atoms with Gasteiger partial charge in [0.25, 0.3) is 5.56 Å². The number of carbonyl (C=O) groups excluding carboxylic acids is 1. The van der Waals surface area contributed by atoms with E-state index in [2.05, 4.69) is 10.1 Å². The predicted octanol–water partition coefficient (Wildman–Crippen LogP) is 2.27. The molecule has 0 aliphatic rings. The average Bonchev–Trinajstić information content (AvgIpc) is 2.53. The van der Waals surface area contributed by atoms with Crippen molar-refractivity contribution < 1.29 is 9.53 Å². The lowest BCUT2D eigenvalue weighted by Gasteiger charge is -2.09. The van der Waals surface area contributed by atoms with Gasteiger partial charge in [0.1, 0.15) is 0 Å². The first-order valence-electron chi connectivity index (χ1n) is 6.75. The summed E-state index contributed by atoms with van der Waals surface area (Å²) in [4.78, 5) is 22.8. The summed E-state index contributed by atoms with van der Waals surface area (Å²) in [5, 5.41) is 3.25. The lowest BCUT2D eigenvalue weighted by atomic mass is 10.1. The van der Waals surface area contributed by atoms with Crippen molar-refractivity contribution in [1.82, 2.24) is 4.57 Å². The molecule has 0 saturated carbocycles. The number of aromatic nitrogens is 1. The normalized spacial score (nSPS) is 10.2. The largest absolute Gasteiger partial charge is 0.465 e. The molecule has 2 aromatic rings. The van der Waals surface area contributed by atoms with E-state index in [0.29, 0.717) is 18.7 Å². The van der Waals surface area contributed by atoms with Crippen LogP contribution in [0.25, 0.3) is 0 Å². The molecule has 0 amide bonds. The van der Waals surface area contributed by atoms with Gasteiger partial charge < -0.3 is 14.6 Å². The van der Waals surface area contributed by atoms with E-state index in [-0.39, 0.29) is 11.5 Å². The third-order valence-electron chi connectivity index (χ3n) is 3.20. The lowest BCUT2D eigenvalue weighted by molar-refractivity contribution is 0.0600. The highest BCUT2D eigenvalue weighted by molar-refractivity contribution is 5.89. The van der Waals surface area contributed by atoms with Crippen LogP contribution in [0, 0.1) is 0 Å². The van der Waals surface area contributed by atoms with Crippen LogP contribution in [0.3, 0.4) is 0 Å². The number of aryl methyl sites for hydroxylation is 1. The predicted molar refractivity (Wildman–Crippen MR) is 81.5 cm³/mol. The SMILES string of the molecule is CCn1cc(NCc2ccc(C(=O)OC)cc2)ccc1=O. The summed E-state index contributed by atoms with van der Waals surface area (Å²) in [7, 11) is 1.36. The molecule has 0 radical (unpaired) electrons. The van der Waals surface area contributed by atoms with Crippen molar-refractivity contribution in [3.63, 3.8) is 0 Å². The van der Waals surface area contributed by atoms with Crippen LogP contribution < -0.4 is 10.9 Å². The summed E-state index contributed by atoms with van der Waals surface area (Å²) in [6.45, 7) is 3.18. The highest BCUT2D eigenvalue weighted by Crippen LogP contribution is 2.09. The third-order valence-corrected chi connectivity index (χ3v) is 3.20. The molecule has 0 fully saturated rings. The first kappa shape index (κ1) is 14.8. The molecule has 0 atom stereocenters. The maximum absolute atomic E-state index is 11.5. The number of hydrogen-bond acceptors (Lipinski definition) is 4. The number of anilines is 1. The van der Waals surface area contributed by atoms with Crippen LogP contribution in [0.1, 0.15) is 22.8 Å². The zero-order chi connectivity index (χ0) is 15.2. The Morgan fingerprint density at radius 1 is 1.19 bits per heavy atom. The van der Waals surface area contributed by atoms with Gasteiger partial charge in [0.05, 0.1) is 18.4 Å². The van der Waals surface area contributed by atoms with E-state index >= 15 is 0 Å². The van der Waals surface area contributed by atoms with Gasteiger partial charge in [-0.15, -0.1) is 0 Å². The Morgan fingerprint density at radius 3 is 2.52 bits per heavy atom. The molecule has 1 N–H and O–H groups in total. The van der Waals surface area contributed by atoms with Crippen molar-refractivity contribution in [3.8, 4) is 0 Å². The van der Waals surface area contributed by atoms with Gasteiger partial charge >= 0.3 is 5.97 Å². The molecule has 1 aromatic heterocycles. The van der Waals surface area contributed by atoms with Crippen molar-refractivity contribution in [2.24, 2.45) is 0 Å². The Kier molecular flexibility index (Phi) is 4.77. The quantitative estimate of drug-likeness (QED) is 0.857. The zero-order valence-corrected chi connectivity index (χ0v) is 12.1. The molecule has 0 saturated heterocycles. The Balaban J connectivity index is 2.03. The minimum atomic E-state index is -0.343. The van der Waals surface area contributed by atoms with Crippen molar-refractivity contribution >= 4 is 11.7 Å². The van der Waals surface area contributed by atoms with Gasteiger partial charge in [0, 0.05) is 25.4 Å². The van der Waals surface area contributed by atoms with Crippen LogP contribution in [0.2, 0.25) is 0 Å². The van der Waals surface area contributed by atoms with Crippen LogP contribution in [-0.2, 0) is 17.8 Å². The number of nitrogens with one attached hydrogen (secondary N) is 1. The highest BCUT2D eigenvalue weighted by atomic mass is 16.5. The van der Waals surface area contributed by atoms with E-state index in [4.69, 9.17) is 0 Å². The van der Waals surface area contributed by atoms with Crippen molar-refractivity contribution in [1.29, 1.82) is 0 Å². The van der Waals surface area contributed by atoms with Gasteiger partial charge in [0.15, 0.2) is 0 Å². The number of carbonyl (C=O) groups is 1. The molecule has 1 aromatic carbocycles. The van der Waals surface area contributed by atoms with Crippen molar-refractivity contribution in [2.75, 3.05) is 12.4 Å². The van der Waals surface area contributed by atoms with Gasteiger partial charge in [-0.3, -0.25) is 4.79 Å². The van der Waals surface area contributed by atoms with Gasteiger partial charge in [-0.05, 0) is 30.7 Å². The number of esters is 1. The van der Waals surface area contributed by atoms with Crippen molar-refractivity contribution in [2.45, 2.75) is 20.0 Å². The summed E-state index contributed by atoms with van der Waals surface area (Å²) in [6.07, 6.45) is 1.80. The van der Waals surface area contributed by atoms with Crippen LogP contribution in [0.4, 0.5) is 5.69 Å². The maximum atomic E-state index is 11.5. The first-order valence-corrected chi connectivity index (χ1v) is 6.75. The number of rotatable bonds is 5. The molecule has 2 rings (SSSR count). The fourth-order valence-corrected chi connectivity index (χ4v) is 1.96. The van der Waals surface area contributed by atoms with Gasteiger partial charge in [-0.2, -0.15) is 0 Å². The summed E-state index contributed by atoms with van der Waals surface area (Å²) >= 11 is 0. The van der Waals surface area contributed by atoms with E-state index in [1.54, 1.807) is 35.0 Å². The molecule has 1 heterocycles. The number of pyridine rings is 1. The number of benzene rings is 1. The standard InChI is InChI=1S/C16H18N2O3/c1-3-18-11-14(8-9-15(18)19)17-10-12-4-6-13(7-5-12)16(20)21-2/h4-9,11,17H,3,10H2,1-2H3. The van der Waals surface area contributed by atoms with Gasteiger partial charge in [-0.25, -0.2) is 4.79 Å². The average molecular weight is 286 g/mol. The first-order chi connectivity index (χ1) is 10.1. The van der Waals surface area contributed by atoms with Gasteiger partial charge in [0.2, 0.25) is 0 Å². The smallest absolute Gasteiger partial charge is 0.337 e. The Hall–Kier alpha value is -2.56. The van der Waals surface area contributed by atoms with Crippen LogP contribution in [-0.4, -0.2) is 17.6 Å². The molecular weight excluding hydrogens is 268 g/mol. The molecular formula is C16H18N2O3. The van der Waals surface area contributed by atoms with E-state index in [9.17, 15) is 9.59 Å². The molecule has 5 nitrogen and oxygen atoms in total. The Morgan fingerprint density at radius 2 is 1.90 bits per heavy atom. The molecule has 0 aliphatic carbocycles. The van der Waals surface area contributed by atoms with E-state index in [1.165, 1.54) is 7.11 Å².